The van der Waals surface area contributed by atoms with Gasteiger partial charge in [0, 0.05) is 13.0 Å². The highest BCUT2D eigenvalue weighted by atomic mass is 16.7. The van der Waals surface area contributed by atoms with Gasteiger partial charge in [-0.1, -0.05) is 208 Å². The van der Waals surface area contributed by atoms with E-state index in [2.05, 4.69) is 98.9 Å². The van der Waals surface area contributed by atoms with Crippen LogP contribution in [0.4, 0.5) is 0 Å². The second-order valence-corrected chi connectivity index (χ2v) is 21.5. The highest BCUT2D eigenvalue weighted by Crippen LogP contribution is 2.27. The molecule has 456 valence electrons. The number of aliphatic hydroxyl groups is 7. The van der Waals surface area contributed by atoms with Crippen LogP contribution in [-0.2, 0) is 33.2 Å². The van der Waals surface area contributed by atoms with Gasteiger partial charge >= 0.3 is 5.97 Å². The van der Waals surface area contributed by atoms with Crippen molar-refractivity contribution in [3.05, 3.63) is 85.1 Å². The minimum Gasteiger partial charge on any atom is -0.457 e. The van der Waals surface area contributed by atoms with E-state index in [1.807, 2.05) is 0 Å². The molecule has 0 aromatic carbocycles. The predicted octanol–water partition coefficient (Wildman–Crippen LogP) is 12.0. The van der Waals surface area contributed by atoms with Gasteiger partial charge < -0.3 is 64.2 Å². The third-order valence-electron chi connectivity index (χ3n) is 14.4. The molecule has 0 aromatic heterocycles. The van der Waals surface area contributed by atoms with Crippen molar-refractivity contribution in [1.29, 1.82) is 0 Å². The van der Waals surface area contributed by atoms with Crippen LogP contribution in [0.1, 0.15) is 219 Å². The maximum atomic E-state index is 13.1. The molecule has 0 radical (unpaired) electrons. The third-order valence-corrected chi connectivity index (χ3v) is 14.4. The van der Waals surface area contributed by atoms with Crippen LogP contribution >= 0.6 is 0 Å². The van der Waals surface area contributed by atoms with Crippen LogP contribution < -0.4 is 0 Å². The van der Waals surface area contributed by atoms with Gasteiger partial charge in [0.1, 0.15) is 54.9 Å². The SMILES string of the molecule is CC/C=C\C/C=C\C/C=C\C/C=C\C/C=C\CCCCCCCCCCCC(=O)OC(COCCCCCCCCCCCC/C=C\C/C=C\CCCCC)COC1OC(COC2OC(CO)C(O)C(O)C2O)C(O)C(O)C1O. The lowest BCUT2D eigenvalue weighted by atomic mass is 9.98. The Labute approximate surface area is 478 Å². The number of carbonyl (C=O) groups excluding carboxylic acids is 1. The standard InChI is InChI=1S/C65H112O14/c1-3-5-7-9-11-13-15-17-19-21-23-25-26-27-28-29-30-32-34-36-38-40-42-44-46-48-57(67)77-54(51-74-49-47-45-43-41-39-37-35-33-31-24-22-20-18-16-14-12-10-8-6-4-2)52-75-64-63(73)61(71)59(69)56(79-64)53-76-65-62(72)60(70)58(68)55(50-66)78-65/h5,7,11-14,17-20,23,25,27-28,54-56,58-66,68-73H,3-4,6,8-10,15-16,21-22,24,26,29-53H2,1-2H3/b7-5-,13-11-,14-12-,19-17-,20-18-,25-23-,28-27-. The average molecular weight is 1120 g/mol. The Balaban J connectivity index is 1.69. The molecular formula is C65H112O14. The fourth-order valence-corrected chi connectivity index (χ4v) is 9.40. The van der Waals surface area contributed by atoms with E-state index in [0.29, 0.717) is 13.0 Å². The van der Waals surface area contributed by atoms with Crippen molar-refractivity contribution < 1.29 is 69.0 Å². The Morgan fingerprint density at radius 3 is 1.29 bits per heavy atom. The van der Waals surface area contributed by atoms with E-state index in [4.69, 9.17) is 28.4 Å². The minimum atomic E-state index is -1.71. The number of aliphatic hydroxyl groups excluding tert-OH is 7. The van der Waals surface area contributed by atoms with Crippen molar-refractivity contribution in [2.45, 2.75) is 287 Å². The van der Waals surface area contributed by atoms with Gasteiger partial charge in [0.15, 0.2) is 12.6 Å². The normalized spacial score (nSPS) is 24.6. The van der Waals surface area contributed by atoms with Gasteiger partial charge in [-0.25, -0.2) is 0 Å². The monoisotopic (exact) mass is 1120 g/mol. The quantitative estimate of drug-likeness (QED) is 0.0172. The molecule has 0 bridgehead atoms. The zero-order valence-corrected chi connectivity index (χ0v) is 49.1. The molecule has 2 heterocycles. The Kier molecular flexibility index (Phi) is 46.5. The number of ether oxygens (including phenoxy) is 6. The van der Waals surface area contributed by atoms with Crippen LogP contribution in [0.2, 0.25) is 0 Å². The maximum absolute atomic E-state index is 13.1. The highest BCUT2D eigenvalue weighted by molar-refractivity contribution is 5.69. The van der Waals surface area contributed by atoms with Crippen molar-refractivity contribution >= 4 is 5.97 Å². The molecule has 2 saturated heterocycles. The topological polar surface area (TPSA) is 214 Å². The van der Waals surface area contributed by atoms with Crippen LogP contribution in [0.5, 0.6) is 0 Å². The van der Waals surface area contributed by atoms with Crippen molar-refractivity contribution in [2.24, 2.45) is 0 Å². The van der Waals surface area contributed by atoms with Crippen LogP contribution in [-0.4, -0.2) is 142 Å². The fraction of sp³-hybridized carbons (Fsp3) is 0.769. The Hall–Kier alpha value is -2.83. The summed E-state index contributed by atoms with van der Waals surface area (Å²) in [5, 5.41) is 72.5. The predicted molar refractivity (Wildman–Crippen MR) is 316 cm³/mol. The number of hydrogen-bond donors (Lipinski definition) is 7. The maximum Gasteiger partial charge on any atom is 0.306 e. The van der Waals surface area contributed by atoms with E-state index >= 15 is 0 Å². The molecule has 0 spiro atoms. The zero-order valence-electron chi connectivity index (χ0n) is 49.1. The summed E-state index contributed by atoms with van der Waals surface area (Å²) in [4.78, 5) is 13.1. The molecule has 7 N–H and O–H groups in total. The van der Waals surface area contributed by atoms with Gasteiger partial charge in [0.2, 0.25) is 0 Å². The molecule has 11 unspecified atom stereocenters. The highest BCUT2D eigenvalue weighted by Gasteiger charge is 2.47. The van der Waals surface area contributed by atoms with Crippen molar-refractivity contribution in [2.75, 3.05) is 33.0 Å². The first kappa shape index (κ1) is 72.3. The van der Waals surface area contributed by atoms with Crippen LogP contribution in [0, 0.1) is 0 Å². The zero-order chi connectivity index (χ0) is 57.2. The summed E-state index contributed by atoms with van der Waals surface area (Å²) < 4.78 is 34.5. The number of carbonyl (C=O) groups is 1. The van der Waals surface area contributed by atoms with Crippen molar-refractivity contribution in [3.63, 3.8) is 0 Å². The van der Waals surface area contributed by atoms with Gasteiger partial charge in [-0.2, -0.15) is 0 Å². The van der Waals surface area contributed by atoms with Gasteiger partial charge in [0.05, 0.1) is 26.4 Å². The van der Waals surface area contributed by atoms with Gasteiger partial charge in [0.25, 0.3) is 0 Å². The molecule has 0 aromatic rings. The first-order valence-corrected chi connectivity index (χ1v) is 31.2. The number of allylic oxidation sites excluding steroid dienone is 14. The summed E-state index contributed by atoms with van der Waals surface area (Å²) >= 11 is 0. The van der Waals surface area contributed by atoms with Crippen LogP contribution in [0.15, 0.2) is 85.1 Å². The third kappa shape index (κ3) is 37.1. The molecule has 2 fully saturated rings. The van der Waals surface area contributed by atoms with Gasteiger partial charge in [-0.05, 0) is 89.9 Å². The van der Waals surface area contributed by atoms with E-state index < -0.39 is 80.7 Å². The lowest BCUT2D eigenvalue weighted by Gasteiger charge is -2.42. The molecular weight excluding hydrogens is 1000 g/mol. The smallest absolute Gasteiger partial charge is 0.306 e. The summed E-state index contributed by atoms with van der Waals surface area (Å²) in [6.07, 6.45) is 50.6. The van der Waals surface area contributed by atoms with E-state index in [0.717, 1.165) is 83.5 Å². The Bertz CT molecular complexity index is 1630. The lowest BCUT2D eigenvalue weighted by molar-refractivity contribution is -0.332. The Morgan fingerprint density at radius 1 is 0.430 bits per heavy atom. The van der Waals surface area contributed by atoms with E-state index in [1.54, 1.807) is 0 Å². The van der Waals surface area contributed by atoms with Crippen LogP contribution in [0.3, 0.4) is 0 Å². The average Bonchev–Trinajstić information content (AvgIpc) is 3.46. The second-order valence-electron chi connectivity index (χ2n) is 21.5. The van der Waals surface area contributed by atoms with Crippen molar-refractivity contribution in [3.8, 4) is 0 Å². The van der Waals surface area contributed by atoms with Crippen LogP contribution in [0.25, 0.3) is 0 Å². The second kappa shape index (κ2) is 50.9. The summed E-state index contributed by atoms with van der Waals surface area (Å²) in [6, 6.07) is 0. The summed E-state index contributed by atoms with van der Waals surface area (Å²) in [6.45, 7) is 3.55. The van der Waals surface area contributed by atoms with Crippen molar-refractivity contribution in [1.82, 2.24) is 0 Å². The number of esters is 1. The van der Waals surface area contributed by atoms with Gasteiger partial charge in [-0.15, -0.1) is 0 Å². The molecule has 11 atom stereocenters. The molecule has 2 rings (SSSR count). The molecule has 14 nitrogen and oxygen atoms in total. The fourth-order valence-electron chi connectivity index (χ4n) is 9.40. The number of rotatable bonds is 50. The van der Waals surface area contributed by atoms with E-state index in [-0.39, 0.29) is 25.6 Å². The van der Waals surface area contributed by atoms with E-state index in [9.17, 15) is 40.5 Å². The molecule has 2 aliphatic rings. The summed E-state index contributed by atoms with van der Waals surface area (Å²) in [5.41, 5.74) is 0. The number of hydrogen-bond acceptors (Lipinski definition) is 14. The first-order valence-electron chi connectivity index (χ1n) is 31.2. The van der Waals surface area contributed by atoms with E-state index in [1.165, 1.54) is 109 Å². The molecule has 0 saturated carbocycles. The first-order chi connectivity index (χ1) is 38.6. The summed E-state index contributed by atoms with van der Waals surface area (Å²) in [5.74, 6) is -0.385. The molecule has 0 amide bonds. The minimum absolute atomic E-state index is 0.0532. The number of unbranched alkanes of at least 4 members (excludes halogenated alkanes) is 22. The molecule has 14 heteroatoms. The summed E-state index contributed by atoms with van der Waals surface area (Å²) in [7, 11) is 0. The Morgan fingerprint density at radius 2 is 0.823 bits per heavy atom. The molecule has 0 aliphatic carbocycles. The van der Waals surface area contributed by atoms with Gasteiger partial charge in [-0.3, -0.25) is 4.79 Å². The lowest BCUT2D eigenvalue weighted by Crippen LogP contribution is -2.61. The molecule has 79 heavy (non-hydrogen) atoms. The largest absolute Gasteiger partial charge is 0.457 e. The molecule has 2 aliphatic heterocycles.